The number of aliphatic hydroxyl groups is 2. The molecule has 3 aliphatic heterocycles. The Morgan fingerprint density at radius 1 is 0.977 bits per heavy atom. The van der Waals surface area contributed by atoms with Crippen molar-refractivity contribution in [2.45, 2.75) is 31.0 Å². The lowest BCUT2D eigenvalue weighted by Crippen LogP contribution is -2.60. The zero-order valence-corrected chi connectivity index (χ0v) is 27.1. The van der Waals surface area contributed by atoms with Crippen molar-refractivity contribution in [3.8, 4) is 11.5 Å². The largest absolute Gasteiger partial charge is 0.497 e. The number of carbonyl (C=O) groups excluding carboxylic acids is 1. The van der Waals surface area contributed by atoms with E-state index in [0.29, 0.717) is 40.7 Å². The van der Waals surface area contributed by atoms with E-state index in [2.05, 4.69) is 69.4 Å². The molecule has 1 aromatic heterocycles. The van der Waals surface area contributed by atoms with E-state index in [1.165, 1.54) is 16.5 Å². The molecule has 11 heteroatoms. The molecule has 8 nitrogen and oxygen atoms in total. The second kappa shape index (κ2) is 15.3. The van der Waals surface area contributed by atoms with Crippen LogP contribution in [0.5, 0.6) is 11.5 Å². The van der Waals surface area contributed by atoms with Crippen LogP contribution in [0.2, 0.25) is 0 Å². The molecule has 4 heterocycles. The standard InChI is InChI=1S/C32H35N3O5.3H2S/c1-39-27-13-29-28(15-30(33-29)31(38)19-36)32(14-27)40-20-26(37)18-34-16-25-9-5-4-8-24(34)17-35(25)23-11-10-21-6-2-3-7-22(21)12-23;;;/h2-7,10-15,24-26,33,36-37H,8-9,16-20H2,1H3;3*1H2/b5-4-;;;/t24-,25-,26-;;;/m0.../s1. The first-order chi connectivity index (χ1) is 19.5. The molecule has 0 radical (unpaired) electrons. The van der Waals surface area contributed by atoms with Crippen molar-refractivity contribution in [1.29, 1.82) is 0 Å². The third-order valence-corrected chi connectivity index (χ3v) is 8.09. The van der Waals surface area contributed by atoms with Gasteiger partial charge in [0.1, 0.15) is 30.8 Å². The number of aromatic amines is 1. The minimum absolute atomic E-state index is 0. The van der Waals surface area contributed by atoms with Gasteiger partial charge in [0.2, 0.25) is 5.78 Å². The van der Waals surface area contributed by atoms with Crippen LogP contribution in [-0.2, 0) is 0 Å². The fourth-order valence-electron chi connectivity index (χ4n) is 6.00. The van der Waals surface area contributed by atoms with Crippen LogP contribution >= 0.6 is 40.5 Å². The van der Waals surface area contributed by atoms with E-state index in [9.17, 15) is 15.0 Å². The van der Waals surface area contributed by atoms with Crippen molar-refractivity contribution in [2.24, 2.45) is 0 Å². The average Bonchev–Trinajstić information content (AvgIpc) is 3.40. The van der Waals surface area contributed by atoms with Crippen LogP contribution in [0.25, 0.3) is 21.7 Å². The molecule has 0 amide bonds. The Kier molecular flexibility index (Phi) is 12.3. The van der Waals surface area contributed by atoms with Crippen molar-refractivity contribution in [3.63, 3.8) is 0 Å². The highest BCUT2D eigenvalue weighted by atomic mass is 32.1. The molecule has 0 aliphatic carbocycles. The summed E-state index contributed by atoms with van der Waals surface area (Å²) in [5, 5.41) is 23.5. The topological polar surface area (TPSA) is 98.3 Å². The number of carbonyl (C=O) groups is 1. The Labute approximate surface area is 273 Å². The van der Waals surface area contributed by atoms with Gasteiger partial charge in [-0.15, -0.1) is 0 Å². The zero-order valence-electron chi connectivity index (χ0n) is 24.1. The fraction of sp³-hybridized carbons (Fsp3) is 0.344. The first-order valence-corrected chi connectivity index (χ1v) is 13.8. The Hall–Kier alpha value is -2.80. The molecule has 1 saturated heterocycles. The van der Waals surface area contributed by atoms with Gasteiger partial charge in [0, 0.05) is 54.9 Å². The predicted molar refractivity (Wildman–Crippen MR) is 188 cm³/mol. The number of ketones is 1. The minimum Gasteiger partial charge on any atom is -0.497 e. The van der Waals surface area contributed by atoms with Gasteiger partial charge in [-0.3, -0.25) is 9.69 Å². The number of hydrogen-bond donors (Lipinski definition) is 3. The van der Waals surface area contributed by atoms with Crippen molar-refractivity contribution in [2.75, 3.05) is 44.9 Å². The highest BCUT2D eigenvalue weighted by Crippen LogP contribution is 2.33. The van der Waals surface area contributed by atoms with Crippen LogP contribution in [0.3, 0.4) is 0 Å². The maximum Gasteiger partial charge on any atom is 0.204 e. The Balaban J connectivity index is 0.00000169. The van der Waals surface area contributed by atoms with Crippen LogP contribution in [0.15, 0.2) is 72.8 Å². The molecule has 2 bridgehead atoms. The normalized spacial score (nSPS) is 19.4. The third-order valence-electron chi connectivity index (χ3n) is 8.09. The zero-order chi connectivity index (χ0) is 27.6. The Morgan fingerprint density at radius 2 is 1.72 bits per heavy atom. The molecule has 3 aliphatic rings. The molecular weight excluding hydrogens is 603 g/mol. The van der Waals surface area contributed by atoms with Gasteiger partial charge in [-0.25, -0.2) is 0 Å². The summed E-state index contributed by atoms with van der Waals surface area (Å²) in [5.74, 6) is 0.685. The van der Waals surface area contributed by atoms with Gasteiger partial charge in [0.05, 0.1) is 18.3 Å². The van der Waals surface area contributed by atoms with Crippen LogP contribution < -0.4 is 14.4 Å². The summed E-state index contributed by atoms with van der Waals surface area (Å²) in [4.78, 5) is 20.0. The second-order valence-corrected chi connectivity index (χ2v) is 10.7. The quantitative estimate of drug-likeness (QED) is 0.183. The van der Waals surface area contributed by atoms with E-state index in [0.717, 1.165) is 25.9 Å². The number of aliphatic hydroxyl groups excluding tert-OH is 2. The number of nitrogens with one attached hydrogen (secondary N) is 1. The monoisotopic (exact) mass is 643 g/mol. The van der Waals surface area contributed by atoms with Gasteiger partial charge < -0.3 is 29.6 Å². The molecular formula is C32H41N3O5S3. The molecule has 0 spiro atoms. The first-order valence-electron chi connectivity index (χ1n) is 13.8. The van der Waals surface area contributed by atoms with Crippen molar-refractivity contribution in [3.05, 3.63) is 78.5 Å². The van der Waals surface area contributed by atoms with Crippen LogP contribution in [0.4, 0.5) is 5.69 Å². The summed E-state index contributed by atoms with van der Waals surface area (Å²) in [5.41, 5.74) is 2.22. The molecule has 3 aromatic carbocycles. The molecule has 0 saturated carbocycles. The number of H-pyrrole nitrogens is 1. The van der Waals surface area contributed by atoms with Gasteiger partial charge in [0.25, 0.3) is 0 Å². The van der Waals surface area contributed by atoms with Crippen LogP contribution in [0.1, 0.15) is 23.3 Å². The van der Waals surface area contributed by atoms with Gasteiger partial charge in [-0.05, 0) is 41.8 Å². The lowest BCUT2D eigenvalue weighted by molar-refractivity contribution is 0.0408. The molecule has 43 heavy (non-hydrogen) atoms. The molecule has 3 N–H and O–H groups in total. The second-order valence-electron chi connectivity index (χ2n) is 10.7. The Bertz CT molecular complexity index is 1560. The number of hydrogen-bond acceptors (Lipinski definition) is 7. The number of rotatable bonds is 9. The summed E-state index contributed by atoms with van der Waals surface area (Å²) in [6.07, 6.45) is 5.77. The Morgan fingerprint density at radius 3 is 2.47 bits per heavy atom. The summed E-state index contributed by atoms with van der Waals surface area (Å²) < 4.78 is 11.5. The lowest BCUT2D eigenvalue weighted by atomic mass is 9.96. The van der Waals surface area contributed by atoms with Crippen molar-refractivity contribution >= 4 is 73.6 Å². The molecule has 7 rings (SSSR count). The highest BCUT2D eigenvalue weighted by Gasteiger charge is 2.35. The van der Waals surface area contributed by atoms with Gasteiger partial charge in [0.15, 0.2) is 0 Å². The number of ether oxygens (including phenoxy) is 2. The number of anilines is 1. The van der Waals surface area contributed by atoms with Gasteiger partial charge in [-0.2, -0.15) is 40.5 Å². The number of aromatic nitrogens is 1. The van der Waals surface area contributed by atoms with E-state index in [-0.39, 0.29) is 53.1 Å². The summed E-state index contributed by atoms with van der Waals surface area (Å²) in [6, 6.07) is 21.0. The molecule has 0 unspecified atom stereocenters. The smallest absolute Gasteiger partial charge is 0.204 e. The maximum atomic E-state index is 12.0. The van der Waals surface area contributed by atoms with E-state index >= 15 is 0 Å². The molecule has 4 aromatic rings. The summed E-state index contributed by atoms with van der Waals surface area (Å²) >= 11 is 0. The minimum atomic E-state index is -0.697. The van der Waals surface area contributed by atoms with Gasteiger partial charge in [-0.1, -0.05) is 42.5 Å². The number of benzene rings is 3. The number of methoxy groups -OCH3 is 1. The molecule has 3 atom stereocenters. The number of nitrogens with zero attached hydrogens (tertiary/aromatic N) is 2. The number of Topliss-reactive ketones (excluding diaryl/α,β-unsaturated/α-hetero) is 1. The predicted octanol–water partition coefficient (Wildman–Crippen LogP) is 4.49. The van der Waals surface area contributed by atoms with Crippen LogP contribution in [-0.4, -0.2) is 84.0 Å². The third kappa shape index (κ3) is 7.47. The van der Waals surface area contributed by atoms with Crippen molar-refractivity contribution < 1.29 is 24.5 Å². The number of piperazine rings is 1. The van der Waals surface area contributed by atoms with E-state index in [4.69, 9.17) is 9.47 Å². The molecule has 232 valence electrons. The summed E-state index contributed by atoms with van der Waals surface area (Å²) in [6.45, 7) is 1.81. The average molecular weight is 644 g/mol. The number of fused-ring (bicyclic) bond motifs is 6. The highest BCUT2D eigenvalue weighted by molar-refractivity contribution is 7.59. The van der Waals surface area contributed by atoms with E-state index < -0.39 is 18.5 Å². The van der Waals surface area contributed by atoms with Crippen molar-refractivity contribution in [1.82, 2.24) is 9.88 Å². The first kappa shape index (κ1) is 34.7. The van der Waals surface area contributed by atoms with E-state index in [1.807, 2.05) is 0 Å². The van der Waals surface area contributed by atoms with E-state index in [1.54, 1.807) is 25.3 Å². The van der Waals surface area contributed by atoms with Crippen LogP contribution in [0, 0.1) is 0 Å². The maximum absolute atomic E-state index is 12.0. The summed E-state index contributed by atoms with van der Waals surface area (Å²) in [7, 11) is 1.56. The lowest BCUT2D eigenvalue weighted by Gasteiger charge is -2.48. The molecule has 1 fully saturated rings. The SMILES string of the molecule is COc1cc(OC[C@@H](O)CN2C[C@@H]3C/C=C\C[C@H]2CN3c2ccc3ccccc3c2)c2cc(C(=O)CO)[nH]c2c1.S.S.S. The van der Waals surface area contributed by atoms with Gasteiger partial charge >= 0.3 is 0 Å². The fourth-order valence-corrected chi connectivity index (χ4v) is 6.00.